The lowest BCUT2D eigenvalue weighted by molar-refractivity contribution is 1.07. The molecule has 252 valence electrons. The molecule has 0 spiro atoms. The van der Waals surface area contributed by atoms with Crippen molar-refractivity contribution in [3.8, 4) is 67.5 Å². The molecule has 0 radical (unpaired) electrons. The van der Waals surface area contributed by atoms with E-state index in [4.69, 9.17) is 15.0 Å². The van der Waals surface area contributed by atoms with Crippen molar-refractivity contribution in [1.82, 2.24) is 15.0 Å². The van der Waals surface area contributed by atoms with Gasteiger partial charge in [-0.3, -0.25) is 0 Å². The van der Waals surface area contributed by atoms with Crippen molar-refractivity contribution < 1.29 is 0 Å². The van der Waals surface area contributed by atoms with Gasteiger partial charge in [0.15, 0.2) is 17.5 Å². The lowest BCUT2D eigenvalue weighted by Crippen LogP contribution is -2.00. The summed E-state index contributed by atoms with van der Waals surface area (Å²) in [5.74, 6) is 1.95. The van der Waals surface area contributed by atoms with Gasteiger partial charge in [0.25, 0.3) is 0 Å². The van der Waals surface area contributed by atoms with Gasteiger partial charge in [-0.25, -0.2) is 15.0 Å². The summed E-state index contributed by atoms with van der Waals surface area (Å²) < 4.78 is 0. The number of hydrogen-bond acceptors (Lipinski definition) is 3. The summed E-state index contributed by atoms with van der Waals surface area (Å²) in [6.45, 7) is 0. The number of aromatic nitrogens is 3. The van der Waals surface area contributed by atoms with Crippen molar-refractivity contribution in [2.75, 3.05) is 0 Å². The van der Waals surface area contributed by atoms with Crippen LogP contribution in [-0.4, -0.2) is 15.0 Å². The number of hydrogen-bond donors (Lipinski definition) is 0. The molecule has 54 heavy (non-hydrogen) atoms. The van der Waals surface area contributed by atoms with E-state index in [-0.39, 0.29) is 0 Å². The van der Waals surface area contributed by atoms with Gasteiger partial charge in [0.2, 0.25) is 0 Å². The monoisotopic (exact) mass is 687 g/mol. The Kier molecular flexibility index (Phi) is 7.81. The molecule has 0 aliphatic rings. The van der Waals surface area contributed by atoms with Crippen LogP contribution in [0.4, 0.5) is 0 Å². The normalized spacial score (nSPS) is 11.3. The molecule has 10 aromatic rings. The molecule has 1 heterocycles. The van der Waals surface area contributed by atoms with Crippen molar-refractivity contribution in [2.45, 2.75) is 0 Å². The Hall–Kier alpha value is -7.23. The predicted molar refractivity (Wildman–Crippen MR) is 225 cm³/mol. The predicted octanol–water partition coefficient (Wildman–Crippen LogP) is 13.3. The molecule has 0 fully saturated rings. The molecule has 0 N–H and O–H groups in total. The van der Waals surface area contributed by atoms with E-state index < -0.39 is 0 Å². The first-order valence-corrected chi connectivity index (χ1v) is 18.3. The van der Waals surface area contributed by atoms with E-state index in [0.29, 0.717) is 17.5 Å². The summed E-state index contributed by atoms with van der Waals surface area (Å²) in [5, 5.41) is 7.51. The van der Waals surface area contributed by atoms with E-state index >= 15 is 0 Å². The Labute approximate surface area is 313 Å². The summed E-state index contributed by atoms with van der Waals surface area (Å²) in [6.07, 6.45) is 0. The SMILES string of the molecule is c1ccc(-c2nc(-c3ccccc3)nc(-c3ccc(-c4c(-c5ccc(-c6ccc7c(ccc8ccccc87)c6)cc5)ccc5ccccc45)cc3)n2)cc1. The van der Waals surface area contributed by atoms with E-state index in [1.165, 1.54) is 60.1 Å². The number of nitrogens with zero attached hydrogens (tertiary/aromatic N) is 3. The van der Waals surface area contributed by atoms with Gasteiger partial charge in [0.05, 0.1) is 0 Å². The molecule has 10 rings (SSSR count). The molecule has 3 heteroatoms. The maximum atomic E-state index is 4.96. The molecular weight excluding hydrogens is 655 g/mol. The first-order valence-electron chi connectivity index (χ1n) is 18.3. The Morgan fingerprint density at radius 2 is 0.667 bits per heavy atom. The van der Waals surface area contributed by atoms with Crippen molar-refractivity contribution >= 4 is 32.3 Å². The van der Waals surface area contributed by atoms with Gasteiger partial charge in [-0.15, -0.1) is 0 Å². The van der Waals surface area contributed by atoms with E-state index in [0.717, 1.165) is 22.3 Å². The molecular formula is C51H33N3. The van der Waals surface area contributed by atoms with Crippen LogP contribution in [0.15, 0.2) is 200 Å². The van der Waals surface area contributed by atoms with Crippen LogP contribution in [0.5, 0.6) is 0 Å². The fourth-order valence-corrected chi connectivity index (χ4v) is 7.58. The molecule has 9 aromatic carbocycles. The first kappa shape index (κ1) is 31.5. The van der Waals surface area contributed by atoms with Gasteiger partial charge < -0.3 is 0 Å². The molecule has 0 atom stereocenters. The van der Waals surface area contributed by atoms with Gasteiger partial charge in [-0.2, -0.15) is 0 Å². The second kappa shape index (κ2) is 13.4. The number of fused-ring (bicyclic) bond motifs is 4. The highest BCUT2D eigenvalue weighted by atomic mass is 15.0. The molecule has 0 unspecified atom stereocenters. The van der Waals surface area contributed by atoms with E-state index in [2.05, 4.69) is 140 Å². The largest absolute Gasteiger partial charge is 0.208 e. The van der Waals surface area contributed by atoms with Crippen molar-refractivity contribution in [3.05, 3.63) is 200 Å². The minimum Gasteiger partial charge on any atom is -0.208 e. The zero-order valence-corrected chi connectivity index (χ0v) is 29.4. The zero-order chi connectivity index (χ0) is 35.8. The van der Waals surface area contributed by atoms with E-state index in [1.807, 2.05) is 60.7 Å². The third-order valence-corrected chi connectivity index (χ3v) is 10.3. The van der Waals surface area contributed by atoms with Crippen LogP contribution >= 0.6 is 0 Å². The van der Waals surface area contributed by atoms with Crippen LogP contribution in [0.1, 0.15) is 0 Å². The second-order valence-corrected chi connectivity index (χ2v) is 13.6. The Balaban J connectivity index is 1.03. The highest BCUT2D eigenvalue weighted by Gasteiger charge is 2.15. The van der Waals surface area contributed by atoms with Gasteiger partial charge in [0.1, 0.15) is 0 Å². The molecule has 0 saturated heterocycles. The third kappa shape index (κ3) is 5.78. The summed E-state index contributed by atoms with van der Waals surface area (Å²) >= 11 is 0. The lowest BCUT2D eigenvalue weighted by atomic mass is 9.88. The molecule has 0 aliphatic heterocycles. The average Bonchev–Trinajstić information content (AvgIpc) is 3.26. The smallest absolute Gasteiger partial charge is 0.164 e. The fourth-order valence-electron chi connectivity index (χ4n) is 7.58. The minimum absolute atomic E-state index is 0.643. The summed E-state index contributed by atoms with van der Waals surface area (Å²) in [4.78, 5) is 14.8. The Morgan fingerprint density at radius 3 is 1.31 bits per heavy atom. The van der Waals surface area contributed by atoms with Crippen molar-refractivity contribution in [1.29, 1.82) is 0 Å². The number of benzene rings is 9. The highest BCUT2D eigenvalue weighted by Crippen LogP contribution is 2.40. The summed E-state index contributed by atoms with van der Waals surface area (Å²) in [7, 11) is 0. The van der Waals surface area contributed by atoms with Gasteiger partial charge in [0, 0.05) is 16.7 Å². The number of rotatable bonds is 6. The van der Waals surface area contributed by atoms with Gasteiger partial charge >= 0.3 is 0 Å². The first-order chi connectivity index (χ1) is 26.7. The molecule has 0 saturated carbocycles. The van der Waals surface area contributed by atoms with E-state index in [9.17, 15) is 0 Å². The topological polar surface area (TPSA) is 38.7 Å². The average molecular weight is 688 g/mol. The molecule has 0 aliphatic carbocycles. The fraction of sp³-hybridized carbons (Fsp3) is 0. The molecule has 3 nitrogen and oxygen atoms in total. The standard InChI is InChI=1S/C51H33N3/c1-3-13-39(14-4-1)49-52-50(40-15-5-2-6-16-40)54-51(53-49)41-26-24-38(25-27-41)48-46-18-10-8-12-36(46)29-32-47(48)37-21-19-34(20-22-37)42-30-31-45-43(33-42)28-23-35-11-7-9-17-44(35)45/h1-33H. The maximum absolute atomic E-state index is 4.96. The van der Waals surface area contributed by atoms with Gasteiger partial charge in [-0.05, 0) is 71.8 Å². The Morgan fingerprint density at radius 1 is 0.241 bits per heavy atom. The highest BCUT2D eigenvalue weighted by molar-refractivity contribution is 6.08. The second-order valence-electron chi connectivity index (χ2n) is 13.6. The van der Waals surface area contributed by atoms with Crippen LogP contribution in [0.25, 0.3) is 99.9 Å². The van der Waals surface area contributed by atoms with E-state index in [1.54, 1.807) is 0 Å². The summed E-state index contributed by atoms with van der Waals surface area (Å²) in [5.41, 5.74) is 9.96. The minimum atomic E-state index is 0.643. The van der Waals surface area contributed by atoms with Crippen LogP contribution in [0.2, 0.25) is 0 Å². The van der Waals surface area contributed by atoms with Crippen LogP contribution in [0, 0.1) is 0 Å². The molecule has 0 amide bonds. The van der Waals surface area contributed by atoms with Crippen molar-refractivity contribution in [3.63, 3.8) is 0 Å². The molecule has 0 bridgehead atoms. The van der Waals surface area contributed by atoms with Crippen LogP contribution in [-0.2, 0) is 0 Å². The molecule has 1 aromatic heterocycles. The maximum Gasteiger partial charge on any atom is 0.164 e. The lowest BCUT2D eigenvalue weighted by Gasteiger charge is -2.15. The quantitative estimate of drug-likeness (QED) is 0.163. The van der Waals surface area contributed by atoms with Crippen molar-refractivity contribution in [2.24, 2.45) is 0 Å². The zero-order valence-electron chi connectivity index (χ0n) is 29.4. The summed E-state index contributed by atoms with van der Waals surface area (Å²) in [6, 6.07) is 70.8. The van der Waals surface area contributed by atoms with Crippen LogP contribution < -0.4 is 0 Å². The third-order valence-electron chi connectivity index (χ3n) is 10.3. The Bertz CT molecular complexity index is 2900. The van der Waals surface area contributed by atoms with Gasteiger partial charge in [-0.1, -0.05) is 194 Å². The van der Waals surface area contributed by atoms with Crippen LogP contribution in [0.3, 0.4) is 0 Å².